The molecule has 29 heavy (non-hydrogen) atoms. The maximum Gasteiger partial charge on any atom is 0.276 e. The lowest BCUT2D eigenvalue weighted by Gasteiger charge is -2.45. The molecule has 2 aromatic heterocycles. The number of carbonyl (C=O) groups is 1. The van der Waals surface area contributed by atoms with E-state index in [1.165, 1.54) is 37.7 Å². The minimum absolute atomic E-state index is 0.224. The smallest absolute Gasteiger partial charge is 0.276 e. The molecule has 2 fully saturated rings. The number of hydrogen-bond donors (Lipinski definition) is 3. The Kier molecular flexibility index (Phi) is 4.25. The first kappa shape index (κ1) is 18.4. The van der Waals surface area contributed by atoms with Crippen molar-refractivity contribution < 1.29 is 4.79 Å². The molecule has 2 aliphatic heterocycles. The number of rotatable bonds is 3. The number of hydrogen-bond acceptors (Lipinski definition) is 7. The van der Waals surface area contributed by atoms with Crippen molar-refractivity contribution in [3.05, 3.63) is 39.5 Å². The third-order valence-corrected chi connectivity index (χ3v) is 6.60. The normalized spacial score (nSPS) is 20.9. The molecule has 0 radical (unpaired) electrons. The van der Waals surface area contributed by atoms with E-state index in [1.807, 2.05) is 0 Å². The van der Waals surface area contributed by atoms with Gasteiger partial charge in [0.1, 0.15) is 35.0 Å². The lowest BCUT2D eigenvalue weighted by molar-refractivity contribution is 0.0379. The van der Waals surface area contributed by atoms with Gasteiger partial charge >= 0.3 is 0 Å². The zero-order chi connectivity index (χ0) is 20.2. The fourth-order valence-corrected chi connectivity index (χ4v) is 4.84. The number of likely N-dealkylation sites (tertiary alicyclic amines) is 1. The van der Waals surface area contributed by atoms with Crippen LogP contribution in [-0.2, 0) is 5.66 Å². The maximum absolute atomic E-state index is 13.4. The summed E-state index contributed by atoms with van der Waals surface area (Å²) in [6.07, 6.45) is 6.40. The van der Waals surface area contributed by atoms with E-state index in [-0.39, 0.29) is 33.7 Å². The van der Waals surface area contributed by atoms with Gasteiger partial charge in [-0.15, -0.1) is 0 Å². The van der Waals surface area contributed by atoms with Crippen LogP contribution < -0.4 is 21.9 Å². The number of anilines is 3. The van der Waals surface area contributed by atoms with Crippen molar-refractivity contribution >= 4 is 34.8 Å². The zero-order valence-electron chi connectivity index (χ0n) is 15.8. The lowest BCUT2D eigenvalue weighted by Crippen LogP contribution is -2.57. The molecule has 1 spiro atoms. The van der Waals surface area contributed by atoms with E-state index >= 15 is 0 Å². The van der Waals surface area contributed by atoms with E-state index in [0.29, 0.717) is 24.7 Å². The van der Waals surface area contributed by atoms with Crippen LogP contribution in [0.25, 0.3) is 0 Å². The maximum atomic E-state index is 13.4. The summed E-state index contributed by atoms with van der Waals surface area (Å²) in [5, 5.41) is 6.25. The number of fused-ring (bicyclic) bond motifs is 2. The molecule has 1 saturated heterocycles. The lowest BCUT2D eigenvalue weighted by atomic mass is 9.88. The van der Waals surface area contributed by atoms with Crippen LogP contribution in [0.3, 0.4) is 0 Å². The fraction of sp³-hybridized carbons (Fsp3) is 0.474. The molecule has 1 saturated carbocycles. The summed E-state index contributed by atoms with van der Waals surface area (Å²) in [4.78, 5) is 36.4. The number of amides is 1. The van der Waals surface area contributed by atoms with Crippen LogP contribution in [0.1, 0.15) is 42.6 Å². The SMILES string of the molecule is Nc1cc(Nc2cc(Cl)c3n(c2=O)C2(CCN(C4CCC4)CC2)NC3=O)ncn1. The molecular weight excluding hydrogens is 394 g/mol. The van der Waals surface area contributed by atoms with Crippen LogP contribution in [0, 0.1) is 0 Å². The molecule has 2 aromatic rings. The molecule has 0 aromatic carbocycles. The van der Waals surface area contributed by atoms with E-state index in [0.717, 1.165) is 13.1 Å². The summed E-state index contributed by atoms with van der Waals surface area (Å²) < 4.78 is 1.54. The highest BCUT2D eigenvalue weighted by atomic mass is 35.5. The highest BCUT2D eigenvalue weighted by Gasteiger charge is 2.47. The molecule has 0 atom stereocenters. The minimum Gasteiger partial charge on any atom is -0.384 e. The molecule has 1 amide bonds. The van der Waals surface area contributed by atoms with Crippen molar-refractivity contribution in [3.8, 4) is 0 Å². The predicted molar refractivity (Wildman–Crippen MR) is 109 cm³/mol. The molecule has 152 valence electrons. The predicted octanol–water partition coefficient (Wildman–Crippen LogP) is 1.66. The van der Waals surface area contributed by atoms with Crippen molar-refractivity contribution in [2.45, 2.75) is 43.8 Å². The molecule has 5 rings (SSSR count). The number of carbonyl (C=O) groups excluding carboxylic acids is 1. The summed E-state index contributed by atoms with van der Waals surface area (Å²) in [6.45, 7) is 1.68. The quantitative estimate of drug-likeness (QED) is 0.697. The molecule has 4 heterocycles. The molecular formula is C19H22ClN7O2. The van der Waals surface area contributed by atoms with Gasteiger partial charge < -0.3 is 21.3 Å². The van der Waals surface area contributed by atoms with Crippen molar-refractivity contribution in [1.82, 2.24) is 24.8 Å². The summed E-state index contributed by atoms with van der Waals surface area (Å²) in [5.74, 6) is 0.367. The third kappa shape index (κ3) is 2.96. The Morgan fingerprint density at radius 2 is 1.97 bits per heavy atom. The highest BCUT2D eigenvalue weighted by Crippen LogP contribution is 2.38. The van der Waals surface area contributed by atoms with Gasteiger partial charge in [0.15, 0.2) is 0 Å². The second-order valence-corrected chi connectivity index (χ2v) is 8.36. The van der Waals surface area contributed by atoms with Crippen LogP contribution in [0.2, 0.25) is 5.02 Å². The van der Waals surface area contributed by atoms with E-state index in [9.17, 15) is 9.59 Å². The number of aromatic nitrogens is 3. The van der Waals surface area contributed by atoms with Gasteiger partial charge in [-0.05, 0) is 18.9 Å². The Labute approximate surface area is 172 Å². The van der Waals surface area contributed by atoms with Gasteiger partial charge in [-0.2, -0.15) is 0 Å². The van der Waals surface area contributed by atoms with Crippen LogP contribution in [0.5, 0.6) is 0 Å². The summed E-state index contributed by atoms with van der Waals surface area (Å²) in [6, 6.07) is 3.64. The average Bonchev–Trinajstić information content (AvgIpc) is 2.93. The molecule has 1 aliphatic carbocycles. The Hall–Kier alpha value is -2.65. The van der Waals surface area contributed by atoms with Gasteiger partial charge in [-0.3, -0.25) is 14.2 Å². The average molecular weight is 416 g/mol. The highest BCUT2D eigenvalue weighted by molar-refractivity contribution is 6.34. The van der Waals surface area contributed by atoms with Gasteiger partial charge in [0.2, 0.25) is 0 Å². The van der Waals surface area contributed by atoms with E-state index in [4.69, 9.17) is 17.3 Å². The second-order valence-electron chi connectivity index (χ2n) is 7.95. The van der Waals surface area contributed by atoms with Crippen LogP contribution in [-0.4, -0.2) is 44.5 Å². The topological polar surface area (TPSA) is 118 Å². The first-order valence-corrected chi connectivity index (χ1v) is 10.2. The van der Waals surface area contributed by atoms with Crippen molar-refractivity contribution in [2.75, 3.05) is 24.1 Å². The first-order valence-electron chi connectivity index (χ1n) is 9.84. The van der Waals surface area contributed by atoms with Crippen molar-refractivity contribution in [3.63, 3.8) is 0 Å². The zero-order valence-corrected chi connectivity index (χ0v) is 16.6. The van der Waals surface area contributed by atoms with Gasteiger partial charge in [0, 0.05) is 38.0 Å². The van der Waals surface area contributed by atoms with Crippen LogP contribution in [0.15, 0.2) is 23.3 Å². The molecule has 0 bridgehead atoms. The Balaban J connectivity index is 1.51. The molecule has 4 N–H and O–H groups in total. The summed E-state index contributed by atoms with van der Waals surface area (Å²) in [7, 11) is 0. The number of piperidine rings is 1. The number of halogens is 1. The van der Waals surface area contributed by atoms with Crippen molar-refractivity contribution in [2.24, 2.45) is 0 Å². The summed E-state index contributed by atoms with van der Waals surface area (Å²) >= 11 is 6.42. The summed E-state index contributed by atoms with van der Waals surface area (Å²) in [5.41, 5.74) is 5.11. The van der Waals surface area contributed by atoms with Gasteiger partial charge in [-0.1, -0.05) is 18.0 Å². The van der Waals surface area contributed by atoms with Gasteiger partial charge in [0.05, 0.1) is 5.02 Å². The fourth-order valence-electron chi connectivity index (χ4n) is 4.56. The third-order valence-electron chi connectivity index (χ3n) is 6.31. The largest absolute Gasteiger partial charge is 0.384 e. The number of pyridine rings is 1. The number of nitrogen functional groups attached to an aromatic ring is 1. The van der Waals surface area contributed by atoms with E-state index < -0.39 is 5.66 Å². The number of nitrogens with zero attached hydrogens (tertiary/aromatic N) is 4. The van der Waals surface area contributed by atoms with E-state index in [2.05, 4.69) is 25.5 Å². The molecule has 9 nitrogen and oxygen atoms in total. The van der Waals surface area contributed by atoms with Crippen LogP contribution >= 0.6 is 11.6 Å². The van der Waals surface area contributed by atoms with Gasteiger partial charge in [0.25, 0.3) is 11.5 Å². The Morgan fingerprint density at radius 1 is 1.21 bits per heavy atom. The van der Waals surface area contributed by atoms with Crippen molar-refractivity contribution in [1.29, 1.82) is 0 Å². The van der Waals surface area contributed by atoms with Crippen LogP contribution in [0.4, 0.5) is 17.3 Å². The molecule has 0 unspecified atom stereocenters. The number of nitrogens with two attached hydrogens (primary N) is 1. The molecule has 3 aliphatic rings. The standard InChI is InChI=1S/C19H22ClN7O2/c20-12-8-13(24-15-9-14(21)22-10-23-15)18(29)27-16(12)17(28)25-19(27)4-6-26(7-5-19)11-2-1-3-11/h8-11H,1-7H2,(H,25,28)(H3,21,22,23,24). The first-order chi connectivity index (χ1) is 14.0. The molecule has 10 heteroatoms. The Bertz CT molecular complexity index is 1040. The van der Waals surface area contributed by atoms with Gasteiger partial charge in [-0.25, -0.2) is 9.97 Å². The number of nitrogens with one attached hydrogen (secondary N) is 2. The monoisotopic (exact) mass is 415 g/mol. The second kappa shape index (κ2) is 6.70. The Morgan fingerprint density at radius 3 is 2.62 bits per heavy atom. The van der Waals surface area contributed by atoms with E-state index in [1.54, 1.807) is 4.57 Å². The minimum atomic E-state index is -0.740.